The number of rotatable bonds is 3. The van der Waals surface area contributed by atoms with Crippen molar-refractivity contribution in [1.82, 2.24) is 19.1 Å². The number of para-hydroxylation sites is 2. The highest BCUT2D eigenvalue weighted by Crippen LogP contribution is 2.41. The molecule has 0 atom stereocenters. The molecule has 0 unspecified atom stereocenters. The standard InChI is InChI=1S/C49H30N4/c1-2-13-31-26-32(25-24-30(31)12-1)49-51-47-39-20-5-3-16-35(39)36-17-4-6-21-40(36)48(47)53(49)34-15-11-14-33(27-34)52-45-23-10-8-19-38(45)42-28-44-41(29-46(42)52)37-18-7-9-22-43(37)50-44/h1-29,50H. The molecule has 0 aliphatic carbocycles. The fraction of sp³-hybridized carbons (Fsp3) is 0. The summed E-state index contributed by atoms with van der Waals surface area (Å²) in [6.07, 6.45) is 0. The molecule has 0 aliphatic heterocycles. The second kappa shape index (κ2) is 10.7. The van der Waals surface area contributed by atoms with Gasteiger partial charge in [0.2, 0.25) is 0 Å². The van der Waals surface area contributed by atoms with Crippen LogP contribution in [0.1, 0.15) is 0 Å². The number of benzene rings is 9. The van der Waals surface area contributed by atoms with E-state index in [2.05, 4.69) is 190 Å². The molecule has 12 rings (SSSR count). The van der Waals surface area contributed by atoms with Crippen molar-refractivity contribution < 1.29 is 0 Å². The van der Waals surface area contributed by atoms with Crippen molar-refractivity contribution in [2.75, 3.05) is 0 Å². The summed E-state index contributed by atoms with van der Waals surface area (Å²) < 4.78 is 4.82. The SMILES string of the molecule is c1cc(-n2c(-c3ccc4ccccc4c3)nc3c4ccccc4c4ccccc4c32)cc(-n2c3ccccc3c3cc4[nH]c5ccccc5c4cc32)c1. The molecule has 9 aromatic carbocycles. The summed E-state index contributed by atoms with van der Waals surface area (Å²) in [7, 11) is 0. The van der Waals surface area contributed by atoms with Gasteiger partial charge in [-0.05, 0) is 70.1 Å². The van der Waals surface area contributed by atoms with E-state index in [4.69, 9.17) is 4.98 Å². The van der Waals surface area contributed by atoms with Crippen LogP contribution in [0.4, 0.5) is 0 Å². The maximum atomic E-state index is 5.55. The first-order valence-electron chi connectivity index (χ1n) is 18.1. The number of nitrogens with zero attached hydrogens (tertiary/aromatic N) is 3. The topological polar surface area (TPSA) is 38.5 Å². The summed E-state index contributed by atoms with van der Waals surface area (Å²) in [4.78, 5) is 9.22. The predicted molar refractivity (Wildman–Crippen MR) is 223 cm³/mol. The highest BCUT2D eigenvalue weighted by atomic mass is 15.1. The maximum absolute atomic E-state index is 5.55. The Balaban J connectivity index is 1.19. The normalized spacial score (nSPS) is 12.2. The Morgan fingerprint density at radius 3 is 1.89 bits per heavy atom. The van der Waals surface area contributed by atoms with Crippen LogP contribution in [0.2, 0.25) is 0 Å². The summed E-state index contributed by atoms with van der Waals surface area (Å²) >= 11 is 0. The number of aromatic amines is 1. The number of imidazole rings is 1. The van der Waals surface area contributed by atoms with Gasteiger partial charge in [-0.1, -0.05) is 127 Å². The molecule has 3 aromatic heterocycles. The van der Waals surface area contributed by atoms with E-state index >= 15 is 0 Å². The number of nitrogens with one attached hydrogen (secondary N) is 1. The van der Waals surface area contributed by atoms with Crippen LogP contribution >= 0.6 is 0 Å². The van der Waals surface area contributed by atoms with Gasteiger partial charge in [0.05, 0.1) is 22.1 Å². The third-order valence-corrected chi connectivity index (χ3v) is 11.2. The van der Waals surface area contributed by atoms with Gasteiger partial charge in [-0.2, -0.15) is 0 Å². The van der Waals surface area contributed by atoms with Gasteiger partial charge >= 0.3 is 0 Å². The number of aromatic nitrogens is 4. The maximum Gasteiger partial charge on any atom is 0.145 e. The Labute approximate surface area is 303 Å². The van der Waals surface area contributed by atoms with Gasteiger partial charge in [-0.15, -0.1) is 0 Å². The average molecular weight is 675 g/mol. The lowest BCUT2D eigenvalue weighted by molar-refractivity contribution is 1.09. The quantitative estimate of drug-likeness (QED) is 0.186. The third-order valence-electron chi connectivity index (χ3n) is 11.2. The lowest BCUT2D eigenvalue weighted by Gasteiger charge is -2.15. The molecule has 246 valence electrons. The molecule has 1 N–H and O–H groups in total. The van der Waals surface area contributed by atoms with Gasteiger partial charge in [0.1, 0.15) is 5.82 Å². The van der Waals surface area contributed by atoms with Crippen molar-refractivity contribution in [1.29, 1.82) is 0 Å². The van der Waals surface area contributed by atoms with Gasteiger partial charge in [0, 0.05) is 60.3 Å². The van der Waals surface area contributed by atoms with Crippen LogP contribution < -0.4 is 0 Å². The van der Waals surface area contributed by atoms with Gasteiger partial charge in [0.25, 0.3) is 0 Å². The van der Waals surface area contributed by atoms with Crippen LogP contribution in [-0.2, 0) is 0 Å². The van der Waals surface area contributed by atoms with Crippen LogP contribution in [-0.4, -0.2) is 19.1 Å². The summed E-state index contributed by atoms with van der Waals surface area (Å²) in [5.41, 5.74) is 10.0. The molecule has 3 heterocycles. The molecule has 0 amide bonds. The molecule has 0 bridgehead atoms. The highest BCUT2D eigenvalue weighted by molar-refractivity contribution is 6.24. The molecule has 4 nitrogen and oxygen atoms in total. The Hall–Kier alpha value is -7.17. The van der Waals surface area contributed by atoms with Crippen LogP contribution in [0.15, 0.2) is 176 Å². The Kier molecular flexibility index (Phi) is 5.74. The fourth-order valence-electron chi connectivity index (χ4n) is 8.84. The zero-order chi connectivity index (χ0) is 34.6. The summed E-state index contributed by atoms with van der Waals surface area (Å²) in [6.45, 7) is 0. The molecule has 0 spiro atoms. The van der Waals surface area contributed by atoms with Gasteiger partial charge in [-0.25, -0.2) is 4.98 Å². The van der Waals surface area contributed by atoms with Crippen molar-refractivity contribution in [2.45, 2.75) is 0 Å². The van der Waals surface area contributed by atoms with E-state index in [9.17, 15) is 0 Å². The minimum atomic E-state index is 0.923. The summed E-state index contributed by atoms with van der Waals surface area (Å²) in [6, 6.07) is 63.7. The predicted octanol–water partition coefficient (Wildman–Crippen LogP) is 12.9. The van der Waals surface area contributed by atoms with Crippen LogP contribution in [0, 0.1) is 0 Å². The molecular formula is C49H30N4. The smallest absolute Gasteiger partial charge is 0.145 e. The second-order valence-corrected chi connectivity index (χ2v) is 14.1. The molecule has 4 heteroatoms. The third kappa shape index (κ3) is 4.03. The minimum absolute atomic E-state index is 0.923. The van der Waals surface area contributed by atoms with Crippen molar-refractivity contribution in [3.8, 4) is 22.8 Å². The largest absolute Gasteiger partial charge is 0.354 e. The number of hydrogen-bond acceptors (Lipinski definition) is 1. The summed E-state index contributed by atoms with van der Waals surface area (Å²) in [5, 5.41) is 12.1. The van der Waals surface area contributed by atoms with E-state index < -0.39 is 0 Å². The van der Waals surface area contributed by atoms with E-state index in [0.29, 0.717) is 0 Å². The zero-order valence-corrected chi connectivity index (χ0v) is 28.6. The van der Waals surface area contributed by atoms with Gasteiger partial charge < -0.3 is 9.55 Å². The number of H-pyrrole nitrogens is 1. The number of fused-ring (bicyclic) bond motifs is 13. The van der Waals surface area contributed by atoms with E-state index in [1.165, 1.54) is 59.5 Å². The monoisotopic (exact) mass is 674 g/mol. The van der Waals surface area contributed by atoms with Crippen LogP contribution in [0.3, 0.4) is 0 Å². The molecule has 0 aliphatic rings. The Morgan fingerprint density at radius 2 is 1.04 bits per heavy atom. The van der Waals surface area contributed by atoms with Crippen LogP contribution in [0.5, 0.6) is 0 Å². The van der Waals surface area contributed by atoms with Gasteiger partial charge in [0.15, 0.2) is 0 Å². The lowest BCUT2D eigenvalue weighted by Crippen LogP contribution is -2.01. The molecule has 12 aromatic rings. The van der Waals surface area contributed by atoms with Gasteiger partial charge in [-0.3, -0.25) is 4.57 Å². The summed E-state index contributed by atoms with van der Waals surface area (Å²) in [5.74, 6) is 0.923. The molecule has 0 saturated heterocycles. The Bertz CT molecular complexity index is 3470. The van der Waals surface area contributed by atoms with Crippen LogP contribution in [0.25, 0.3) is 110 Å². The minimum Gasteiger partial charge on any atom is -0.354 e. The first-order chi connectivity index (χ1) is 26.3. The lowest BCUT2D eigenvalue weighted by atomic mass is 10.00. The average Bonchev–Trinajstić information content (AvgIpc) is 3.90. The first-order valence-corrected chi connectivity index (χ1v) is 18.1. The first kappa shape index (κ1) is 28.5. The van der Waals surface area contributed by atoms with E-state index in [1.54, 1.807) is 0 Å². The van der Waals surface area contributed by atoms with E-state index in [-0.39, 0.29) is 0 Å². The Morgan fingerprint density at radius 1 is 0.377 bits per heavy atom. The second-order valence-electron chi connectivity index (χ2n) is 14.1. The molecule has 53 heavy (non-hydrogen) atoms. The molecule has 0 saturated carbocycles. The number of hydrogen-bond donors (Lipinski definition) is 1. The molecular weight excluding hydrogens is 645 g/mol. The molecule has 0 radical (unpaired) electrons. The molecule has 0 fully saturated rings. The van der Waals surface area contributed by atoms with Crippen molar-refractivity contribution in [2.24, 2.45) is 0 Å². The zero-order valence-electron chi connectivity index (χ0n) is 28.6. The van der Waals surface area contributed by atoms with E-state index in [1.807, 2.05) is 0 Å². The van der Waals surface area contributed by atoms with E-state index in [0.717, 1.165) is 50.2 Å². The van der Waals surface area contributed by atoms with Crippen molar-refractivity contribution >= 4 is 87.0 Å². The van der Waals surface area contributed by atoms with Crippen molar-refractivity contribution in [3.05, 3.63) is 176 Å². The fourth-order valence-corrected chi connectivity index (χ4v) is 8.84. The van der Waals surface area contributed by atoms with Crippen molar-refractivity contribution in [3.63, 3.8) is 0 Å². The highest BCUT2D eigenvalue weighted by Gasteiger charge is 2.22.